The van der Waals surface area contributed by atoms with E-state index >= 15 is 0 Å². The van der Waals surface area contributed by atoms with E-state index in [1.165, 1.54) is 6.07 Å². The minimum atomic E-state index is -1.10. The van der Waals surface area contributed by atoms with Crippen LogP contribution in [0.2, 0.25) is 5.02 Å². The first-order chi connectivity index (χ1) is 9.99. The Balaban J connectivity index is 2.36. The SMILES string of the molecule is C#CCOc1cc(N2C(=O)NC2C(=O)OC)c(F)cc1Cl. The molecule has 1 aliphatic rings. The Bertz CT molecular complexity index is 644. The van der Waals surface area contributed by atoms with Gasteiger partial charge in [-0.1, -0.05) is 17.5 Å². The molecule has 110 valence electrons. The van der Waals surface area contributed by atoms with Crippen LogP contribution in [0.15, 0.2) is 12.1 Å². The molecule has 0 aliphatic carbocycles. The third-order valence-electron chi connectivity index (χ3n) is 2.73. The molecule has 1 aromatic rings. The number of nitrogens with zero attached hydrogens (tertiary/aromatic N) is 1. The van der Waals surface area contributed by atoms with Crippen LogP contribution in [0.5, 0.6) is 5.75 Å². The molecule has 1 atom stereocenters. The van der Waals surface area contributed by atoms with Crippen molar-refractivity contribution < 1.29 is 23.5 Å². The number of benzene rings is 1. The van der Waals surface area contributed by atoms with Gasteiger partial charge in [0.2, 0.25) is 6.17 Å². The van der Waals surface area contributed by atoms with Gasteiger partial charge in [-0.05, 0) is 6.07 Å². The predicted molar refractivity (Wildman–Crippen MR) is 72.6 cm³/mol. The zero-order chi connectivity index (χ0) is 15.6. The number of nitrogens with one attached hydrogen (secondary N) is 1. The smallest absolute Gasteiger partial charge is 0.350 e. The van der Waals surface area contributed by atoms with Crippen molar-refractivity contribution in [3.05, 3.63) is 23.0 Å². The van der Waals surface area contributed by atoms with E-state index in [0.717, 1.165) is 18.1 Å². The number of amides is 2. The number of rotatable bonds is 4. The lowest BCUT2D eigenvalue weighted by molar-refractivity contribution is -0.143. The van der Waals surface area contributed by atoms with Crippen molar-refractivity contribution in [3.8, 4) is 18.1 Å². The second kappa shape index (κ2) is 5.89. The quantitative estimate of drug-likeness (QED) is 0.676. The highest BCUT2D eigenvalue weighted by atomic mass is 35.5. The molecular formula is C13H10ClFN2O4. The molecule has 0 spiro atoms. The summed E-state index contributed by atoms with van der Waals surface area (Å²) >= 11 is 5.82. The summed E-state index contributed by atoms with van der Waals surface area (Å²) < 4.78 is 23.6. The summed E-state index contributed by atoms with van der Waals surface area (Å²) in [6.45, 7) is -0.0720. The molecule has 1 fully saturated rings. The maximum atomic E-state index is 14.0. The monoisotopic (exact) mass is 312 g/mol. The summed E-state index contributed by atoms with van der Waals surface area (Å²) in [5.41, 5.74) is -0.162. The fourth-order valence-electron chi connectivity index (χ4n) is 1.76. The first kappa shape index (κ1) is 14.9. The topological polar surface area (TPSA) is 67.9 Å². The van der Waals surface area contributed by atoms with E-state index in [1.807, 2.05) is 0 Å². The number of hydrogen-bond donors (Lipinski definition) is 1. The zero-order valence-corrected chi connectivity index (χ0v) is 11.6. The highest BCUT2D eigenvalue weighted by Crippen LogP contribution is 2.35. The third-order valence-corrected chi connectivity index (χ3v) is 3.03. The zero-order valence-electron chi connectivity index (χ0n) is 10.9. The van der Waals surface area contributed by atoms with Gasteiger partial charge >= 0.3 is 12.0 Å². The second-order valence-corrected chi connectivity index (χ2v) is 4.38. The average Bonchev–Trinajstić information content (AvgIpc) is 2.45. The van der Waals surface area contributed by atoms with Crippen molar-refractivity contribution in [1.82, 2.24) is 5.32 Å². The van der Waals surface area contributed by atoms with Gasteiger partial charge < -0.3 is 14.8 Å². The number of hydrogen-bond acceptors (Lipinski definition) is 4. The van der Waals surface area contributed by atoms with Gasteiger partial charge in [-0.3, -0.25) is 4.90 Å². The summed E-state index contributed by atoms with van der Waals surface area (Å²) in [4.78, 5) is 23.9. The Morgan fingerprint density at radius 1 is 1.62 bits per heavy atom. The maximum absolute atomic E-state index is 14.0. The van der Waals surface area contributed by atoms with Crippen molar-refractivity contribution in [2.75, 3.05) is 18.6 Å². The molecule has 0 bridgehead atoms. The van der Waals surface area contributed by atoms with Gasteiger partial charge in [-0.2, -0.15) is 0 Å². The third kappa shape index (κ3) is 2.71. The first-order valence-electron chi connectivity index (χ1n) is 5.72. The number of halogens is 2. The van der Waals surface area contributed by atoms with E-state index in [-0.39, 0.29) is 23.1 Å². The van der Waals surface area contributed by atoms with Crippen molar-refractivity contribution in [1.29, 1.82) is 0 Å². The number of ether oxygens (including phenoxy) is 2. The fraction of sp³-hybridized carbons (Fsp3) is 0.231. The lowest BCUT2D eigenvalue weighted by Crippen LogP contribution is -2.69. The standard InChI is InChI=1S/C13H10ClFN2O4/c1-3-4-21-10-6-9(8(15)5-7(10)14)17-11(12(18)20-2)16-13(17)19/h1,5-6,11H,4H2,2H3,(H,16,19). The van der Waals surface area contributed by atoms with Gasteiger partial charge in [0.25, 0.3) is 0 Å². The van der Waals surface area contributed by atoms with E-state index in [1.54, 1.807) is 0 Å². The van der Waals surface area contributed by atoms with Crippen molar-refractivity contribution in [2.45, 2.75) is 6.17 Å². The van der Waals surface area contributed by atoms with Crippen LogP contribution in [0.3, 0.4) is 0 Å². The number of carbonyl (C=O) groups is 2. The average molecular weight is 313 g/mol. The molecule has 0 aromatic heterocycles. The van der Waals surface area contributed by atoms with Crippen LogP contribution in [0.4, 0.5) is 14.9 Å². The molecule has 0 saturated carbocycles. The lowest BCUT2D eigenvalue weighted by Gasteiger charge is -2.39. The Labute approximate surface area is 124 Å². The van der Waals surface area contributed by atoms with Gasteiger partial charge in [-0.25, -0.2) is 14.0 Å². The fourth-order valence-corrected chi connectivity index (χ4v) is 1.96. The molecule has 1 N–H and O–H groups in total. The summed E-state index contributed by atoms with van der Waals surface area (Å²) in [5, 5.41) is 2.29. The van der Waals surface area contributed by atoms with Gasteiger partial charge in [0, 0.05) is 6.07 Å². The van der Waals surface area contributed by atoms with Gasteiger partial charge in [0.15, 0.2) is 0 Å². The Kier molecular flexibility index (Phi) is 4.19. The first-order valence-corrected chi connectivity index (χ1v) is 6.10. The number of methoxy groups -OCH3 is 1. The molecule has 1 heterocycles. The Morgan fingerprint density at radius 3 is 2.90 bits per heavy atom. The van der Waals surface area contributed by atoms with Gasteiger partial charge in [0.1, 0.15) is 18.2 Å². The summed E-state index contributed by atoms with van der Waals surface area (Å²) in [6.07, 6.45) is 3.97. The number of anilines is 1. The van der Waals surface area contributed by atoms with Crippen LogP contribution in [0.25, 0.3) is 0 Å². The van der Waals surface area contributed by atoms with E-state index in [2.05, 4.69) is 16.0 Å². The molecule has 1 aromatic carbocycles. The molecule has 8 heteroatoms. The largest absolute Gasteiger partial charge is 0.479 e. The molecular weight excluding hydrogens is 303 g/mol. The number of esters is 1. The van der Waals surface area contributed by atoms with Gasteiger partial charge in [-0.15, -0.1) is 6.42 Å². The lowest BCUT2D eigenvalue weighted by atomic mass is 10.2. The van der Waals surface area contributed by atoms with E-state index in [9.17, 15) is 14.0 Å². The van der Waals surface area contributed by atoms with Crippen molar-refractivity contribution >= 4 is 29.3 Å². The van der Waals surface area contributed by atoms with E-state index in [4.69, 9.17) is 22.8 Å². The van der Waals surface area contributed by atoms with Crippen LogP contribution in [0.1, 0.15) is 0 Å². The predicted octanol–water partition coefficient (Wildman–Crippen LogP) is 1.52. The van der Waals surface area contributed by atoms with Crippen LogP contribution in [0, 0.1) is 18.2 Å². The molecule has 1 aliphatic heterocycles. The summed E-state index contributed by atoms with van der Waals surface area (Å²) in [5.74, 6) is 0.836. The highest BCUT2D eigenvalue weighted by molar-refractivity contribution is 6.32. The van der Waals surface area contributed by atoms with E-state index < -0.39 is 24.0 Å². The summed E-state index contributed by atoms with van der Waals surface area (Å²) in [7, 11) is 1.16. The normalized spacial score (nSPS) is 16.6. The number of urea groups is 1. The molecule has 6 nitrogen and oxygen atoms in total. The van der Waals surface area contributed by atoms with Crippen molar-refractivity contribution in [2.24, 2.45) is 0 Å². The summed E-state index contributed by atoms with van der Waals surface area (Å²) in [6, 6.07) is 1.53. The maximum Gasteiger partial charge on any atom is 0.350 e. The molecule has 2 amide bonds. The molecule has 1 unspecified atom stereocenters. The molecule has 2 rings (SSSR count). The van der Waals surface area contributed by atoms with Crippen LogP contribution in [-0.4, -0.2) is 31.9 Å². The van der Waals surface area contributed by atoms with Crippen molar-refractivity contribution in [3.63, 3.8) is 0 Å². The molecule has 0 radical (unpaired) electrons. The number of carbonyl (C=O) groups excluding carboxylic acids is 2. The highest BCUT2D eigenvalue weighted by Gasteiger charge is 2.44. The van der Waals surface area contributed by atoms with Crippen LogP contribution < -0.4 is 15.0 Å². The number of terminal acetylenes is 1. The Morgan fingerprint density at radius 2 is 2.33 bits per heavy atom. The minimum Gasteiger partial charge on any atom is -0.479 e. The van der Waals surface area contributed by atoms with E-state index in [0.29, 0.717) is 0 Å². The second-order valence-electron chi connectivity index (χ2n) is 3.97. The molecule has 1 saturated heterocycles. The van der Waals surface area contributed by atoms with Crippen LogP contribution in [-0.2, 0) is 9.53 Å². The van der Waals surface area contributed by atoms with Gasteiger partial charge in [0.05, 0.1) is 17.8 Å². The van der Waals surface area contributed by atoms with Crippen LogP contribution >= 0.6 is 11.6 Å². The molecule has 21 heavy (non-hydrogen) atoms. The Hall–Kier alpha value is -2.46. The minimum absolute atomic E-state index is 0.00190.